The summed E-state index contributed by atoms with van der Waals surface area (Å²) in [5, 5.41) is 7.34. The third-order valence-corrected chi connectivity index (χ3v) is 3.28. The molecular formula is C13H11BrN2O2. The first kappa shape index (κ1) is 12.7. The Kier molecular flexibility index (Phi) is 4.04. The number of carbonyl (C=O) groups is 1. The Morgan fingerprint density at radius 1 is 1.33 bits per heavy atom. The third-order valence-electron chi connectivity index (χ3n) is 2.51. The van der Waals surface area contributed by atoms with Crippen LogP contribution in [-0.4, -0.2) is 23.1 Å². The fourth-order valence-corrected chi connectivity index (χ4v) is 1.93. The van der Waals surface area contributed by atoms with E-state index in [-0.39, 0.29) is 5.78 Å². The number of Topliss-reactive ketones (excluding diaryl/α,β-unsaturated/α-hetero) is 1. The molecule has 1 aromatic carbocycles. The fraction of sp³-hybridized carbons (Fsp3) is 0.154. The van der Waals surface area contributed by atoms with Gasteiger partial charge in [0.1, 0.15) is 5.75 Å². The maximum atomic E-state index is 12.0. The lowest BCUT2D eigenvalue weighted by Crippen LogP contribution is -2.05. The van der Waals surface area contributed by atoms with Crippen molar-refractivity contribution in [3.05, 3.63) is 52.3 Å². The van der Waals surface area contributed by atoms with E-state index in [9.17, 15) is 4.79 Å². The lowest BCUT2D eigenvalue weighted by molar-refractivity contribution is 0.0992. The van der Waals surface area contributed by atoms with Crippen LogP contribution in [0.1, 0.15) is 15.9 Å². The van der Waals surface area contributed by atoms with Crippen molar-refractivity contribution in [2.45, 2.75) is 6.42 Å². The molecule has 0 spiro atoms. The predicted molar refractivity (Wildman–Crippen MR) is 70.8 cm³/mol. The molecule has 0 saturated carbocycles. The number of ketones is 1. The number of rotatable bonds is 4. The molecule has 0 saturated heterocycles. The van der Waals surface area contributed by atoms with Crippen molar-refractivity contribution in [3.63, 3.8) is 0 Å². The van der Waals surface area contributed by atoms with Gasteiger partial charge in [-0.05, 0) is 29.8 Å². The van der Waals surface area contributed by atoms with Crippen molar-refractivity contribution in [2.24, 2.45) is 0 Å². The van der Waals surface area contributed by atoms with Crippen molar-refractivity contribution in [3.8, 4) is 5.75 Å². The van der Waals surface area contributed by atoms with Crippen molar-refractivity contribution < 1.29 is 9.53 Å². The number of carbonyl (C=O) groups excluding carboxylic acids is 1. The first-order valence-corrected chi connectivity index (χ1v) is 6.12. The lowest BCUT2D eigenvalue weighted by atomic mass is 10.0. The Morgan fingerprint density at radius 3 is 2.83 bits per heavy atom. The molecule has 0 aliphatic heterocycles. The molecule has 5 heteroatoms. The molecule has 0 atom stereocenters. The molecule has 2 aromatic rings. The largest absolute Gasteiger partial charge is 0.497 e. The maximum absolute atomic E-state index is 12.0. The molecule has 18 heavy (non-hydrogen) atoms. The number of hydrogen-bond donors (Lipinski definition) is 0. The lowest BCUT2D eigenvalue weighted by Gasteiger charge is -2.06. The summed E-state index contributed by atoms with van der Waals surface area (Å²) in [7, 11) is 1.60. The zero-order valence-electron chi connectivity index (χ0n) is 9.76. The van der Waals surface area contributed by atoms with E-state index in [1.807, 2.05) is 18.2 Å². The van der Waals surface area contributed by atoms with Gasteiger partial charge >= 0.3 is 0 Å². The Labute approximate surface area is 113 Å². The number of nitrogens with zero attached hydrogens (tertiary/aromatic N) is 2. The molecule has 0 aliphatic rings. The van der Waals surface area contributed by atoms with Crippen molar-refractivity contribution in [2.75, 3.05) is 7.11 Å². The summed E-state index contributed by atoms with van der Waals surface area (Å²) in [6, 6.07) is 7.21. The fourth-order valence-electron chi connectivity index (χ4n) is 1.54. The van der Waals surface area contributed by atoms with Gasteiger partial charge in [0, 0.05) is 16.5 Å². The molecule has 0 amide bonds. The molecule has 0 aliphatic carbocycles. The second kappa shape index (κ2) is 5.73. The number of hydrogen-bond acceptors (Lipinski definition) is 4. The summed E-state index contributed by atoms with van der Waals surface area (Å²) in [5.41, 5.74) is 1.44. The van der Waals surface area contributed by atoms with Gasteiger partial charge in [0.05, 0.1) is 19.5 Å². The summed E-state index contributed by atoms with van der Waals surface area (Å²) < 4.78 is 6.03. The molecule has 0 bridgehead atoms. The van der Waals surface area contributed by atoms with Crippen LogP contribution in [0.5, 0.6) is 5.75 Å². The van der Waals surface area contributed by atoms with Gasteiger partial charge in [0.2, 0.25) is 0 Å². The van der Waals surface area contributed by atoms with Gasteiger partial charge in [0.15, 0.2) is 5.78 Å². The molecule has 0 N–H and O–H groups in total. The highest BCUT2D eigenvalue weighted by Gasteiger charge is 2.10. The predicted octanol–water partition coefficient (Wildman–Crippen LogP) is 2.67. The van der Waals surface area contributed by atoms with Gasteiger partial charge in [-0.15, -0.1) is 0 Å². The van der Waals surface area contributed by atoms with E-state index in [1.165, 1.54) is 12.4 Å². The van der Waals surface area contributed by atoms with Crippen molar-refractivity contribution in [1.29, 1.82) is 0 Å². The molecule has 1 heterocycles. The Balaban J connectivity index is 2.21. The summed E-state index contributed by atoms with van der Waals surface area (Å²) in [6.45, 7) is 0. The average Bonchev–Trinajstić information content (AvgIpc) is 2.42. The highest BCUT2D eigenvalue weighted by atomic mass is 79.9. The Morgan fingerprint density at radius 2 is 2.17 bits per heavy atom. The van der Waals surface area contributed by atoms with Crippen LogP contribution in [0.4, 0.5) is 0 Å². The molecule has 92 valence electrons. The molecule has 0 fully saturated rings. The van der Waals surface area contributed by atoms with Gasteiger partial charge in [-0.1, -0.05) is 15.9 Å². The van der Waals surface area contributed by atoms with E-state index in [0.29, 0.717) is 12.0 Å². The molecular weight excluding hydrogens is 296 g/mol. The maximum Gasteiger partial charge on any atom is 0.168 e. The minimum Gasteiger partial charge on any atom is -0.497 e. The first-order chi connectivity index (χ1) is 8.70. The zero-order valence-corrected chi connectivity index (χ0v) is 11.3. The van der Waals surface area contributed by atoms with Crippen LogP contribution in [0.3, 0.4) is 0 Å². The van der Waals surface area contributed by atoms with Gasteiger partial charge in [0.25, 0.3) is 0 Å². The molecule has 4 nitrogen and oxygen atoms in total. The molecule has 0 unspecified atom stereocenters. The number of aromatic nitrogens is 2. The molecule has 2 rings (SSSR count). The van der Waals surface area contributed by atoms with Crippen LogP contribution in [0, 0.1) is 0 Å². The van der Waals surface area contributed by atoms with Gasteiger partial charge in [-0.2, -0.15) is 10.2 Å². The SMILES string of the molecule is COc1ccc(Br)c(CC(=O)c2ccnnc2)c1. The van der Waals surface area contributed by atoms with Crippen LogP contribution < -0.4 is 4.74 Å². The van der Waals surface area contributed by atoms with Crippen LogP contribution in [0.25, 0.3) is 0 Å². The number of methoxy groups -OCH3 is 1. The standard InChI is InChI=1S/C13H11BrN2O2/c1-18-11-2-3-12(14)10(6-11)7-13(17)9-4-5-15-16-8-9/h2-6,8H,7H2,1H3. The third kappa shape index (κ3) is 2.92. The number of ether oxygens (including phenoxy) is 1. The van der Waals surface area contributed by atoms with Gasteiger partial charge in [-0.25, -0.2) is 0 Å². The van der Waals surface area contributed by atoms with Gasteiger partial charge < -0.3 is 4.74 Å². The summed E-state index contributed by atoms with van der Waals surface area (Å²) in [6.07, 6.45) is 3.27. The number of benzene rings is 1. The van der Waals surface area contributed by atoms with E-state index < -0.39 is 0 Å². The van der Waals surface area contributed by atoms with E-state index in [2.05, 4.69) is 26.1 Å². The van der Waals surface area contributed by atoms with Crippen LogP contribution in [0.2, 0.25) is 0 Å². The molecule has 1 aromatic heterocycles. The summed E-state index contributed by atoms with van der Waals surface area (Å²) in [5.74, 6) is 0.729. The van der Waals surface area contributed by atoms with Gasteiger partial charge in [-0.3, -0.25) is 4.79 Å². The first-order valence-electron chi connectivity index (χ1n) is 5.33. The topological polar surface area (TPSA) is 52.1 Å². The van der Waals surface area contributed by atoms with Crippen LogP contribution in [-0.2, 0) is 6.42 Å². The summed E-state index contributed by atoms with van der Waals surface area (Å²) >= 11 is 3.42. The van der Waals surface area contributed by atoms with E-state index in [4.69, 9.17) is 4.74 Å². The average molecular weight is 307 g/mol. The highest BCUT2D eigenvalue weighted by molar-refractivity contribution is 9.10. The summed E-state index contributed by atoms with van der Waals surface area (Å²) in [4.78, 5) is 12.0. The zero-order chi connectivity index (χ0) is 13.0. The minimum absolute atomic E-state index is 0.00106. The smallest absolute Gasteiger partial charge is 0.168 e. The van der Waals surface area contributed by atoms with E-state index in [1.54, 1.807) is 13.2 Å². The quantitative estimate of drug-likeness (QED) is 0.815. The van der Waals surface area contributed by atoms with Crippen molar-refractivity contribution in [1.82, 2.24) is 10.2 Å². The van der Waals surface area contributed by atoms with E-state index in [0.717, 1.165) is 15.8 Å². The Bertz CT molecular complexity index is 558. The highest BCUT2D eigenvalue weighted by Crippen LogP contribution is 2.23. The minimum atomic E-state index is -0.00106. The van der Waals surface area contributed by atoms with Crippen LogP contribution >= 0.6 is 15.9 Å². The molecule has 0 radical (unpaired) electrons. The van der Waals surface area contributed by atoms with E-state index >= 15 is 0 Å². The monoisotopic (exact) mass is 306 g/mol. The Hall–Kier alpha value is -1.75. The second-order valence-corrected chi connectivity index (χ2v) is 4.54. The van der Waals surface area contributed by atoms with Crippen molar-refractivity contribution >= 4 is 21.7 Å². The second-order valence-electron chi connectivity index (χ2n) is 3.69. The number of halogens is 1. The van der Waals surface area contributed by atoms with Crippen LogP contribution in [0.15, 0.2) is 41.1 Å². The normalized spacial score (nSPS) is 10.1.